The highest BCUT2D eigenvalue weighted by molar-refractivity contribution is 5.82. The number of hydrogen-bond donors (Lipinski definition) is 1. The fraction of sp³-hybridized carbons (Fsp3) is 0.375. The predicted octanol–water partition coefficient (Wildman–Crippen LogP) is 2.52. The van der Waals surface area contributed by atoms with Crippen molar-refractivity contribution in [3.05, 3.63) is 42.1 Å². The van der Waals surface area contributed by atoms with Crippen molar-refractivity contribution < 1.29 is 9.53 Å². The number of carbonyl (C=O) groups excluding carboxylic acids is 1. The quantitative estimate of drug-likeness (QED) is 0.850. The third-order valence-electron chi connectivity index (χ3n) is 3.37. The highest BCUT2D eigenvalue weighted by Gasteiger charge is 2.22. The van der Waals surface area contributed by atoms with Gasteiger partial charge in [-0.15, -0.1) is 0 Å². The Morgan fingerprint density at radius 3 is 2.75 bits per heavy atom. The second kappa shape index (κ2) is 6.48. The Morgan fingerprint density at radius 1 is 1.30 bits per heavy atom. The number of esters is 1. The zero-order valence-electron chi connectivity index (χ0n) is 12.1. The Balaban J connectivity index is 2.18. The van der Waals surface area contributed by atoms with Crippen LogP contribution in [-0.2, 0) is 16.1 Å². The summed E-state index contributed by atoms with van der Waals surface area (Å²) >= 11 is 0. The van der Waals surface area contributed by atoms with Crippen LogP contribution in [0.2, 0.25) is 0 Å². The molecule has 2 aromatic rings. The fourth-order valence-corrected chi connectivity index (χ4v) is 2.25. The number of fused-ring (bicyclic) bond motifs is 1. The molecule has 0 radical (unpaired) electrons. The lowest BCUT2D eigenvalue weighted by molar-refractivity contribution is -0.144. The molecule has 2 rings (SSSR count). The zero-order chi connectivity index (χ0) is 14.5. The minimum atomic E-state index is -0.299. The third kappa shape index (κ3) is 3.14. The Kier molecular flexibility index (Phi) is 4.69. The van der Waals surface area contributed by atoms with Crippen LogP contribution in [-0.4, -0.2) is 24.1 Å². The molecular weight excluding hydrogens is 252 g/mol. The number of ether oxygens (including phenoxy) is 1. The van der Waals surface area contributed by atoms with Gasteiger partial charge >= 0.3 is 5.97 Å². The highest BCUT2D eigenvalue weighted by Crippen LogP contribution is 2.16. The molecule has 1 aromatic carbocycles. The van der Waals surface area contributed by atoms with E-state index in [0.29, 0.717) is 6.54 Å². The van der Waals surface area contributed by atoms with Crippen molar-refractivity contribution >= 4 is 16.9 Å². The third-order valence-corrected chi connectivity index (χ3v) is 3.37. The molecule has 1 N–H and O–H groups in total. The summed E-state index contributed by atoms with van der Waals surface area (Å²) in [5.41, 5.74) is 2.09. The number of benzene rings is 1. The summed E-state index contributed by atoms with van der Waals surface area (Å²) in [7, 11) is 1.42. The van der Waals surface area contributed by atoms with Gasteiger partial charge in [-0.05, 0) is 23.6 Å². The molecule has 0 fully saturated rings. The molecule has 20 heavy (non-hydrogen) atoms. The summed E-state index contributed by atoms with van der Waals surface area (Å²) in [4.78, 5) is 16.1. The van der Waals surface area contributed by atoms with Gasteiger partial charge in [-0.1, -0.05) is 32.0 Å². The van der Waals surface area contributed by atoms with Crippen molar-refractivity contribution in [1.82, 2.24) is 10.3 Å². The lowest BCUT2D eigenvalue weighted by Crippen LogP contribution is -2.41. The molecule has 1 aromatic heterocycles. The van der Waals surface area contributed by atoms with Gasteiger partial charge in [-0.25, -0.2) is 0 Å². The standard InChI is InChI=1S/C16H20N2O2/c1-11(2)15(16(19)20-3)18-10-12-8-9-17-14-7-5-4-6-13(12)14/h4-9,11,15,18H,10H2,1-3H3/t15-/m0/s1. The molecular formula is C16H20N2O2. The van der Waals surface area contributed by atoms with E-state index in [1.165, 1.54) is 7.11 Å². The van der Waals surface area contributed by atoms with Gasteiger partial charge in [0.15, 0.2) is 0 Å². The van der Waals surface area contributed by atoms with Crippen molar-refractivity contribution in [2.45, 2.75) is 26.4 Å². The molecule has 4 nitrogen and oxygen atoms in total. The van der Waals surface area contributed by atoms with E-state index < -0.39 is 0 Å². The number of pyridine rings is 1. The van der Waals surface area contributed by atoms with E-state index in [1.807, 2.05) is 44.2 Å². The molecule has 0 saturated heterocycles. The van der Waals surface area contributed by atoms with Crippen LogP contribution in [0.15, 0.2) is 36.5 Å². The van der Waals surface area contributed by atoms with Crippen molar-refractivity contribution in [2.24, 2.45) is 5.92 Å². The van der Waals surface area contributed by atoms with Crippen LogP contribution in [0.25, 0.3) is 10.9 Å². The van der Waals surface area contributed by atoms with Crippen molar-refractivity contribution in [3.63, 3.8) is 0 Å². The van der Waals surface area contributed by atoms with Gasteiger partial charge in [0.05, 0.1) is 12.6 Å². The first kappa shape index (κ1) is 14.5. The van der Waals surface area contributed by atoms with Gasteiger partial charge in [0.1, 0.15) is 6.04 Å². The number of methoxy groups -OCH3 is 1. The minimum Gasteiger partial charge on any atom is -0.468 e. The highest BCUT2D eigenvalue weighted by atomic mass is 16.5. The summed E-state index contributed by atoms with van der Waals surface area (Å²) in [5.74, 6) is -0.0473. The maximum Gasteiger partial charge on any atom is 0.323 e. The van der Waals surface area contributed by atoms with Crippen LogP contribution in [0.3, 0.4) is 0 Å². The van der Waals surface area contributed by atoms with Crippen LogP contribution in [0.5, 0.6) is 0 Å². The van der Waals surface area contributed by atoms with E-state index in [2.05, 4.69) is 10.3 Å². The molecule has 4 heteroatoms. The van der Waals surface area contributed by atoms with Crippen LogP contribution in [0, 0.1) is 5.92 Å². The summed E-state index contributed by atoms with van der Waals surface area (Å²) in [6, 6.07) is 9.67. The normalized spacial score (nSPS) is 12.6. The molecule has 1 atom stereocenters. The first-order chi connectivity index (χ1) is 9.63. The Morgan fingerprint density at radius 2 is 2.05 bits per heavy atom. The van der Waals surface area contributed by atoms with Crippen LogP contribution in [0.4, 0.5) is 0 Å². The van der Waals surface area contributed by atoms with E-state index in [9.17, 15) is 4.79 Å². The number of rotatable bonds is 5. The average Bonchev–Trinajstić information content (AvgIpc) is 2.47. The summed E-state index contributed by atoms with van der Waals surface area (Å²) < 4.78 is 4.84. The van der Waals surface area contributed by atoms with Crippen LogP contribution < -0.4 is 5.32 Å². The van der Waals surface area contributed by atoms with Gasteiger partial charge < -0.3 is 10.1 Å². The zero-order valence-corrected chi connectivity index (χ0v) is 12.1. The molecule has 0 spiro atoms. The Bertz CT molecular complexity index is 591. The lowest BCUT2D eigenvalue weighted by Gasteiger charge is -2.20. The smallest absolute Gasteiger partial charge is 0.323 e. The molecule has 0 unspecified atom stereocenters. The second-order valence-corrected chi connectivity index (χ2v) is 5.11. The van der Waals surface area contributed by atoms with Gasteiger partial charge in [0, 0.05) is 18.1 Å². The van der Waals surface area contributed by atoms with Crippen molar-refractivity contribution in [2.75, 3.05) is 7.11 Å². The van der Waals surface area contributed by atoms with E-state index in [4.69, 9.17) is 4.74 Å². The maximum absolute atomic E-state index is 11.7. The number of hydrogen-bond acceptors (Lipinski definition) is 4. The Hall–Kier alpha value is -1.94. The summed E-state index contributed by atoms with van der Waals surface area (Å²) in [5, 5.41) is 4.38. The van der Waals surface area contributed by atoms with E-state index in [1.54, 1.807) is 6.20 Å². The molecule has 0 amide bonds. The molecule has 106 valence electrons. The molecule has 0 aliphatic rings. The van der Waals surface area contributed by atoms with Crippen LogP contribution >= 0.6 is 0 Å². The molecule has 1 heterocycles. The number of carbonyl (C=O) groups is 1. The predicted molar refractivity (Wildman–Crippen MR) is 79.2 cm³/mol. The van der Waals surface area contributed by atoms with E-state index in [-0.39, 0.29) is 17.9 Å². The fourth-order valence-electron chi connectivity index (χ4n) is 2.25. The first-order valence-electron chi connectivity index (χ1n) is 6.77. The topological polar surface area (TPSA) is 51.2 Å². The monoisotopic (exact) mass is 272 g/mol. The number of para-hydroxylation sites is 1. The number of aromatic nitrogens is 1. The second-order valence-electron chi connectivity index (χ2n) is 5.11. The van der Waals surface area contributed by atoms with E-state index in [0.717, 1.165) is 16.5 Å². The molecule has 0 bridgehead atoms. The average molecular weight is 272 g/mol. The van der Waals surface area contributed by atoms with Crippen molar-refractivity contribution in [1.29, 1.82) is 0 Å². The summed E-state index contributed by atoms with van der Waals surface area (Å²) in [6.07, 6.45) is 1.79. The lowest BCUT2D eigenvalue weighted by atomic mass is 10.0. The van der Waals surface area contributed by atoms with Gasteiger partial charge in [0.2, 0.25) is 0 Å². The van der Waals surface area contributed by atoms with Gasteiger partial charge in [0.25, 0.3) is 0 Å². The van der Waals surface area contributed by atoms with Gasteiger partial charge in [-0.2, -0.15) is 0 Å². The van der Waals surface area contributed by atoms with Gasteiger partial charge in [-0.3, -0.25) is 9.78 Å². The largest absolute Gasteiger partial charge is 0.468 e. The van der Waals surface area contributed by atoms with E-state index >= 15 is 0 Å². The summed E-state index contributed by atoms with van der Waals surface area (Å²) in [6.45, 7) is 4.61. The number of nitrogens with one attached hydrogen (secondary N) is 1. The molecule has 0 aliphatic heterocycles. The SMILES string of the molecule is COC(=O)[C@@H](NCc1ccnc2ccccc12)C(C)C. The van der Waals surface area contributed by atoms with Crippen LogP contribution in [0.1, 0.15) is 19.4 Å². The number of nitrogens with zero attached hydrogens (tertiary/aromatic N) is 1. The first-order valence-corrected chi connectivity index (χ1v) is 6.77. The van der Waals surface area contributed by atoms with Crippen molar-refractivity contribution in [3.8, 4) is 0 Å². The Labute approximate surface area is 119 Å². The minimum absolute atomic E-state index is 0.176. The molecule has 0 aliphatic carbocycles. The molecule has 0 saturated carbocycles. The maximum atomic E-state index is 11.7.